The van der Waals surface area contributed by atoms with Crippen LogP contribution in [0.25, 0.3) is 0 Å². The van der Waals surface area contributed by atoms with Gasteiger partial charge >= 0.3 is 0 Å². The first-order chi connectivity index (χ1) is 10.1. The van der Waals surface area contributed by atoms with Crippen LogP contribution < -0.4 is 0 Å². The number of aromatic amines is 1. The van der Waals surface area contributed by atoms with Crippen LogP contribution in [0, 0.1) is 3.95 Å². The molecule has 0 bridgehead atoms. The molecule has 0 unspecified atom stereocenters. The van der Waals surface area contributed by atoms with Gasteiger partial charge in [0.25, 0.3) is 0 Å². The molecule has 0 radical (unpaired) electrons. The Morgan fingerprint density at radius 2 is 2.38 bits per heavy atom. The molecule has 0 spiro atoms. The molecule has 1 aliphatic rings. The largest absolute Gasteiger partial charge is 0.335 e. The summed E-state index contributed by atoms with van der Waals surface area (Å²) in [5.41, 5.74) is 2.62. The van der Waals surface area contributed by atoms with Gasteiger partial charge in [-0.3, -0.25) is 9.89 Å². The fourth-order valence-corrected chi connectivity index (χ4v) is 4.56. The van der Waals surface area contributed by atoms with Crippen molar-refractivity contribution >= 4 is 41.2 Å². The predicted molar refractivity (Wildman–Crippen MR) is 88.3 cm³/mol. The van der Waals surface area contributed by atoms with Crippen molar-refractivity contribution in [1.29, 1.82) is 0 Å². The number of thioether (sulfide) groups is 1. The van der Waals surface area contributed by atoms with Gasteiger partial charge in [-0.25, -0.2) is 0 Å². The summed E-state index contributed by atoms with van der Waals surface area (Å²) in [6.07, 6.45) is 0.929. The molecule has 21 heavy (non-hydrogen) atoms. The average Bonchev–Trinajstić information content (AvgIpc) is 2.91. The zero-order valence-electron chi connectivity index (χ0n) is 11.5. The highest BCUT2D eigenvalue weighted by molar-refractivity contribution is 8.01. The number of aromatic nitrogens is 2. The van der Waals surface area contributed by atoms with Crippen LogP contribution in [0.5, 0.6) is 0 Å². The summed E-state index contributed by atoms with van der Waals surface area (Å²) in [6, 6.07) is 8.50. The van der Waals surface area contributed by atoms with Crippen molar-refractivity contribution in [1.82, 2.24) is 15.1 Å². The van der Waals surface area contributed by atoms with Gasteiger partial charge in [0, 0.05) is 6.54 Å². The van der Waals surface area contributed by atoms with Gasteiger partial charge in [0.15, 0.2) is 8.29 Å². The third-order valence-corrected chi connectivity index (χ3v) is 5.87. The monoisotopic (exact) mass is 337 g/mol. The van der Waals surface area contributed by atoms with Crippen LogP contribution in [0.2, 0.25) is 0 Å². The number of rotatable bonds is 3. The Labute approximate surface area is 136 Å². The smallest absolute Gasteiger partial charge is 0.233 e. The summed E-state index contributed by atoms with van der Waals surface area (Å²) < 4.78 is 1.46. The summed E-state index contributed by atoms with van der Waals surface area (Å²) in [4.78, 5) is 14.4. The normalized spacial score (nSPS) is 17.6. The van der Waals surface area contributed by atoms with E-state index in [1.807, 2.05) is 11.0 Å². The van der Waals surface area contributed by atoms with Gasteiger partial charge in [0.2, 0.25) is 5.91 Å². The van der Waals surface area contributed by atoms with Gasteiger partial charge < -0.3 is 4.90 Å². The molecule has 7 heteroatoms. The fraction of sp³-hybridized carbons (Fsp3) is 0.357. The van der Waals surface area contributed by atoms with Crippen LogP contribution in [-0.2, 0) is 11.2 Å². The Balaban J connectivity index is 1.67. The van der Waals surface area contributed by atoms with Crippen molar-refractivity contribution in [3.05, 3.63) is 39.3 Å². The van der Waals surface area contributed by atoms with Crippen molar-refractivity contribution < 1.29 is 4.79 Å². The zero-order valence-corrected chi connectivity index (χ0v) is 14.0. The number of fused-ring (bicyclic) bond motifs is 1. The molecule has 1 atom stereocenters. The van der Waals surface area contributed by atoms with Crippen molar-refractivity contribution in [2.45, 2.75) is 23.7 Å². The minimum Gasteiger partial charge on any atom is -0.335 e. The van der Waals surface area contributed by atoms with Gasteiger partial charge in [-0.1, -0.05) is 47.4 Å². The van der Waals surface area contributed by atoms with Crippen LogP contribution in [-0.4, -0.2) is 33.3 Å². The van der Waals surface area contributed by atoms with Gasteiger partial charge in [-0.15, -0.1) is 0 Å². The van der Waals surface area contributed by atoms with E-state index in [1.165, 1.54) is 34.2 Å². The highest BCUT2D eigenvalue weighted by Gasteiger charge is 2.27. The maximum Gasteiger partial charge on any atom is 0.233 e. The van der Waals surface area contributed by atoms with E-state index in [-0.39, 0.29) is 11.9 Å². The van der Waals surface area contributed by atoms with Gasteiger partial charge in [-0.2, -0.15) is 5.10 Å². The minimum absolute atomic E-state index is 0.139. The number of benzene rings is 1. The standard InChI is InChI=1S/C14H15N3OS3/c1-9-11-5-3-2-4-10(11)6-7-17(9)12(18)8-20-14-16-15-13(19)21-14/h2-5,9H,6-8H2,1H3,(H,15,19)/t9-/m0/s1. The molecule has 1 N–H and O–H groups in total. The molecule has 0 saturated heterocycles. The van der Waals surface area contributed by atoms with Crippen LogP contribution in [0.4, 0.5) is 0 Å². The Morgan fingerprint density at radius 1 is 1.57 bits per heavy atom. The number of hydrogen-bond acceptors (Lipinski definition) is 5. The van der Waals surface area contributed by atoms with E-state index < -0.39 is 0 Å². The number of amides is 1. The second kappa shape index (κ2) is 6.29. The maximum absolute atomic E-state index is 12.4. The Hall–Kier alpha value is -1.18. The van der Waals surface area contributed by atoms with Crippen molar-refractivity contribution in [3.8, 4) is 0 Å². The van der Waals surface area contributed by atoms with E-state index in [4.69, 9.17) is 12.2 Å². The summed E-state index contributed by atoms with van der Waals surface area (Å²) in [7, 11) is 0. The number of carbonyl (C=O) groups is 1. The summed E-state index contributed by atoms with van der Waals surface area (Å²) in [6.45, 7) is 2.88. The predicted octanol–water partition coefficient (Wildman–Crippen LogP) is 3.44. The fourth-order valence-electron chi connectivity index (χ4n) is 2.60. The molecule has 1 aromatic heterocycles. The van der Waals surface area contributed by atoms with Gasteiger partial charge in [0.1, 0.15) is 0 Å². The number of H-pyrrole nitrogens is 1. The van der Waals surface area contributed by atoms with Crippen LogP contribution in [0.1, 0.15) is 24.1 Å². The van der Waals surface area contributed by atoms with Crippen LogP contribution in [0.3, 0.4) is 0 Å². The molecule has 2 aromatic rings. The Morgan fingerprint density at radius 3 is 3.14 bits per heavy atom. The second-order valence-corrected chi connectivity index (χ2v) is 7.77. The van der Waals surface area contributed by atoms with E-state index >= 15 is 0 Å². The Bertz CT molecular complexity index is 709. The average molecular weight is 337 g/mol. The quantitative estimate of drug-likeness (QED) is 0.688. The van der Waals surface area contributed by atoms with E-state index in [9.17, 15) is 4.79 Å². The van der Waals surface area contributed by atoms with Crippen LogP contribution >= 0.6 is 35.3 Å². The lowest BCUT2D eigenvalue weighted by Crippen LogP contribution is -2.39. The molecule has 1 amide bonds. The maximum atomic E-state index is 12.4. The minimum atomic E-state index is 0.139. The first-order valence-corrected chi connectivity index (χ1v) is 8.92. The number of nitrogens with one attached hydrogen (secondary N) is 1. The van der Waals surface area contributed by atoms with Gasteiger partial charge in [-0.05, 0) is 36.7 Å². The number of nitrogens with zero attached hydrogens (tertiary/aromatic N) is 2. The van der Waals surface area contributed by atoms with E-state index in [1.54, 1.807) is 0 Å². The van der Waals surface area contributed by atoms with E-state index in [0.717, 1.165) is 17.3 Å². The molecule has 0 saturated carbocycles. The highest BCUT2D eigenvalue weighted by atomic mass is 32.2. The molecule has 4 nitrogen and oxygen atoms in total. The molecular weight excluding hydrogens is 322 g/mol. The molecule has 1 aromatic carbocycles. The summed E-state index contributed by atoms with van der Waals surface area (Å²) >= 11 is 7.84. The topological polar surface area (TPSA) is 49.0 Å². The first-order valence-electron chi connectivity index (χ1n) is 6.71. The zero-order chi connectivity index (χ0) is 14.8. The van der Waals surface area contributed by atoms with Gasteiger partial charge in [0.05, 0.1) is 11.8 Å². The molecule has 2 heterocycles. The molecule has 3 rings (SSSR count). The molecular formula is C14H15N3OS3. The SMILES string of the molecule is C[C@H]1c2ccccc2CCN1C(=O)CSc1n[nH]c(=S)s1. The lowest BCUT2D eigenvalue weighted by Gasteiger charge is -2.35. The van der Waals surface area contributed by atoms with Crippen LogP contribution in [0.15, 0.2) is 28.6 Å². The first kappa shape index (κ1) is 14.7. The lowest BCUT2D eigenvalue weighted by molar-refractivity contribution is -0.130. The summed E-state index contributed by atoms with van der Waals surface area (Å²) in [5, 5.41) is 6.80. The van der Waals surface area contributed by atoms with Crippen molar-refractivity contribution in [3.63, 3.8) is 0 Å². The molecule has 110 valence electrons. The number of carbonyl (C=O) groups excluding carboxylic acids is 1. The van der Waals surface area contributed by atoms with Crippen molar-refractivity contribution in [2.24, 2.45) is 0 Å². The molecule has 0 fully saturated rings. The second-order valence-electron chi connectivity index (χ2n) is 4.88. The van der Waals surface area contributed by atoms with E-state index in [2.05, 4.69) is 35.3 Å². The highest BCUT2D eigenvalue weighted by Crippen LogP contribution is 2.30. The lowest BCUT2D eigenvalue weighted by atomic mass is 9.94. The Kier molecular flexibility index (Phi) is 4.42. The van der Waals surface area contributed by atoms with Crippen molar-refractivity contribution in [2.75, 3.05) is 12.3 Å². The van der Waals surface area contributed by atoms with E-state index in [0.29, 0.717) is 9.71 Å². The number of hydrogen-bond donors (Lipinski definition) is 1. The third kappa shape index (κ3) is 3.20. The summed E-state index contributed by atoms with van der Waals surface area (Å²) in [5.74, 6) is 0.561. The molecule has 0 aliphatic carbocycles. The third-order valence-electron chi connectivity index (χ3n) is 3.65. The molecule has 1 aliphatic heterocycles.